The van der Waals surface area contributed by atoms with Crippen molar-refractivity contribution in [2.24, 2.45) is 0 Å². The Kier molecular flexibility index (Phi) is 6.20. The minimum absolute atomic E-state index is 0.0116. The van der Waals surface area contributed by atoms with Crippen LogP contribution in [-0.4, -0.2) is 31.3 Å². The first-order valence-electron chi connectivity index (χ1n) is 9.95. The summed E-state index contributed by atoms with van der Waals surface area (Å²) in [5.41, 5.74) is 2.96. The molecule has 0 aliphatic carbocycles. The summed E-state index contributed by atoms with van der Waals surface area (Å²) in [5, 5.41) is 0. The van der Waals surface area contributed by atoms with Gasteiger partial charge in [0.15, 0.2) is 0 Å². The van der Waals surface area contributed by atoms with Crippen LogP contribution in [0.25, 0.3) is 11.1 Å². The highest BCUT2D eigenvalue weighted by molar-refractivity contribution is 5.92. The summed E-state index contributed by atoms with van der Waals surface area (Å²) in [4.78, 5) is 24.5. The van der Waals surface area contributed by atoms with E-state index in [0.717, 1.165) is 30.6 Å². The maximum atomic E-state index is 12.4. The molecule has 0 aromatic heterocycles. The second-order valence-electron chi connectivity index (χ2n) is 7.09. The molecular formula is C25H22O5. The smallest absolute Gasteiger partial charge is 0.343 e. The van der Waals surface area contributed by atoms with Gasteiger partial charge in [-0.1, -0.05) is 42.5 Å². The van der Waals surface area contributed by atoms with Gasteiger partial charge in [0.1, 0.15) is 12.4 Å². The summed E-state index contributed by atoms with van der Waals surface area (Å²) < 4.78 is 16.1. The van der Waals surface area contributed by atoms with E-state index < -0.39 is 11.9 Å². The van der Waals surface area contributed by atoms with Crippen LogP contribution >= 0.6 is 0 Å². The Hall–Kier alpha value is -3.44. The summed E-state index contributed by atoms with van der Waals surface area (Å²) >= 11 is 0. The van der Waals surface area contributed by atoms with Crippen molar-refractivity contribution in [3.05, 3.63) is 90.0 Å². The Bertz CT molecular complexity index is 988. The summed E-state index contributed by atoms with van der Waals surface area (Å²) in [6.45, 7) is 0.978. The lowest BCUT2D eigenvalue weighted by Gasteiger charge is -2.10. The van der Waals surface area contributed by atoms with Crippen molar-refractivity contribution in [3.8, 4) is 16.9 Å². The van der Waals surface area contributed by atoms with Gasteiger partial charge < -0.3 is 14.2 Å². The van der Waals surface area contributed by atoms with E-state index in [0.29, 0.717) is 16.9 Å². The molecular weight excluding hydrogens is 380 g/mol. The topological polar surface area (TPSA) is 61.8 Å². The van der Waals surface area contributed by atoms with Crippen LogP contribution in [0.4, 0.5) is 0 Å². The van der Waals surface area contributed by atoms with Gasteiger partial charge in [0, 0.05) is 6.61 Å². The van der Waals surface area contributed by atoms with Crippen molar-refractivity contribution < 1.29 is 23.8 Å². The number of benzene rings is 3. The Morgan fingerprint density at radius 2 is 1.43 bits per heavy atom. The summed E-state index contributed by atoms with van der Waals surface area (Å²) in [6.07, 6.45) is 1.90. The predicted molar refractivity (Wildman–Crippen MR) is 113 cm³/mol. The minimum atomic E-state index is -0.455. The van der Waals surface area contributed by atoms with Crippen LogP contribution in [0.2, 0.25) is 0 Å². The molecule has 0 N–H and O–H groups in total. The molecule has 0 radical (unpaired) electrons. The average molecular weight is 402 g/mol. The van der Waals surface area contributed by atoms with E-state index in [1.807, 2.05) is 42.5 Å². The number of rotatable bonds is 6. The second kappa shape index (κ2) is 9.37. The van der Waals surface area contributed by atoms with Crippen LogP contribution < -0.4 is 4.74 Å². The zero-order chi connectivity index (χ0) is 20.8. The number of carbonyl (C=O) groups is 2. The molecule has 30 heavy (non-hydrogen) atoms. The highest BCUT2D eigenvalue weighted by atomic mass is 16.6. The van der Waals surface area contributed by atoms with E-state index in [1.165, 1.54) is 0 Å². The monoisotopic (exact) mass is 402 g/mol. The number of hydrogen-bond donors (Lipinski definition) is 0. The quantitative estimate of drug-likeness (QED) is 0.433. The highest BCUT2D eigenvalue weighted by Gasteiger charge is 2.18. The Balaban J connectivity index is 1.33. The molecule has 5 heteroatoms. The molecule has 0 saturated carbocycles. The van der Waals surface area contributed by atoms with Crippen LogP contribution in [-0.2, 0) is 9.47 Å². The van der Waals surface area contributed by atoms with Crippen LogP contribution in [0, 0.1) is 0 Å². The first-order valence-corrected chi connectivity index (χ1v) is 9.95. The lowest BCUT2D eigenvalue weighted by Crippen LogP contribution is -2.17. The number of esters is 2. The van der Waals surface area contributed by atoms with Gasteiger partial charge in [-0.15, -0.1) is 0 Å². The van der Waals surface area contributed by atoms with Crippen molar-refractivity contribution in [2.75, 3.05) is 13.2 Å². The van der Waals surface area contributed by atoms with Gasteiger partial charge in [-0.25, -0.2) is 9.59 Å². The van der Waals surface area contributed by atoms with Crippen LogP contribution in [0.1, 0.15) is 33.6 Å². The summed E-state index contributed by atoms with van der Waals surface area (Å²) in [7, 11) is 0. The second-order valence-corrected chi connectivity index (χ2v) is 7.09. The van der Waals surface area contributed by atoms with Gasteiger partial charge >= 0.3 is 11.9 Å². The van der Waals surface area contributed by atoms with E-state index >= 15 is 0 Å². The van der Waals surface area contributed by atoms with Gasteiger partial charge in [-0.3, -0.25) is 0 Å². The third-order valence-electron chi connectivity index (χ3n) is 4.95. The standard InChI is InChI=1S/C25H22O5/c26-24(29-17-23-7-4-16-28-23)20-12-14-22(15-13-20)30-25(27)21-10-8-19(9-11-21)18-5-2-1-3-6-18/h1-3,5-6,8-15,23H,4,7,16-17H2. The van der Waals surface area contributed by atoms with Crippen molar-refractivity contribution in [3.63, 3.8) is 0 Å². The number of ether oxygens (including phenoxy) is 3. The Labute approximate surface area is 175 Å². The van der Waals surface area contributed by atoms with Crippen molar-refractivity contribution in [1.29, 1.82) is 0 Å². The third kappa shape index (κ3) is 4.93. The number of carbonyl (C=O) groups excluding carboxylic acids is 2. The van der Waals surface area contributed by atoms with Crippen LogP contribution in [0.15, 0.2) is 78.9 Å². The molecule has 1 unspecified atom stereocenters. The molecule has 0 bridgehead atoms. The lowest BCUT2D eigenvalue weighted by atomic mass is 10.0. The summed E-state index contributed by atoms with van der Waals surface area (Å²) in [6, 6.07) is 23.5. The van der Waals surface area contributed by atoms with Crippen molar-refractivity contribution in [2.45, 2.75) is 18.9 Å². The molecule has 1 heterocycles. The predicted octanol–water partition coefficient (Wildman–Crippen LogP) is 4.91. The van der Waals surface area contributed by atoms with Gasteiger partial charge in [-0.2, -0.15) is 0 Å². The van der Waals surface area contributed by atoms with Crippen LogP contribution in [0.3, 0.4) is 0 Å². The first-order chi connectivity index (χ1) is 14.7. The van der Waals surface area contributed by atoms with E-state index in [2.05, 4.69) is 0 Å². The molecule has 4 rings (SSSR count). The van der Waals surface area contributed by atoms with E-state index in [-0.39, 0.29) is 12.7 Å². The van der Waals surface area contributed by atoms with Crippen molar-refractivity contribution in [1.82, 2.24) is 0 Å². The third-order valence-corrected chi connectivity index (χ3v) is 4.95. The zero-order valence-electron chi connectivity index (χ0n) is 16.5. The maximum Gasteiger partial charge on any atom is 0.343 e. The molecule has 1 saturated heterocycles. The molecule has 1 atom stereocenters. The molecule has 0 spiro atoms. The van der Waals surface area contributed by atoms with Gasteiger partial charge in [0.05, 0.1) is 17.2 Å². The fourth-order valence-electron chi connectivity index (χ4n) is 3.28. The molecule has 1 aliphatic rings. The molecule has 0 amide bonds. The average Bonchev–Trinajstić information content (AvgIpc) is 3.32. The zero-order valence-corrected chi connectivity index (χ0v) is 16.5. The van der Waals surface area contributed by atoms with Crippen molar-refractivity contribution >= 4 is 11.9 Å². The maximum absolute atomic E-state index is 12.4. The molecule has 1 aliphatic heterocycles. The van der Waals surface area contributed by atoms with Crippen LogP contribution in [0.5, 0.6) is 5.75 Å². The lowest BCUT2D eigenvalue weighted by molar-refractivity contribution is 0.0161. The summed E-state index contributed by atoms with van der Waals surface area (Å²) in [5.74, 6) is -0.508. The minimum Gasteiger partial charge on any atom is -0.459 e. The highest BCUT2D eigenvalue weighted by Crippen LogP contribution is 2.21. The molecule has 1 fully saturated rings. The SMILES string of the molecule is O=C(OCC1CCCO1)c1ccc(OC(=O)c2ccc(-c3ccccc3)cc2)cc1. The first kappa shape index (κ1) is 19.9. The Morgan fingerprint density at radius 3 is 2.10 bits per heavy atom. The van der Waals surface area contributed by atoms with Gasteiger partial charge in [0.2, 0.25) is 0 Å². The fourth-order valence-corrected chi connectivity index (χ4v) is 3.28. The number of hydrogen-bond acceptors (Lipinski definition) is 5. The molecule has 3 aromatic rings. The van der Waals surface area contributed by atoms with E-state index in [1.54, 1.807) is 36.4 Å². The molecule has 3 aromatic carbocycles. The van der Waals surface area contributed by atoms with E-state index in [9.17, 15) is 9.59 Å². The fraction of sp³-hybridized carbons (Fsp3) is 0.200. The Morgan fingerprint density at radius 1 is 0.800 bits per heavy atom. The van der Waals surface area contributed by atoms with Gasteiger partial charge in [0.25, 0.3) is 0 Å². The molecule has 152 valence electrons. The largest absolute Gasteiger partial charge is 0.459 e. The van der Waals surface area contributed by atoms with E-state index in [4.69, 9.17) is 14.2 Å². The molecule has 5 nitrogen and oxygen atoms in total. The normalized spacial score (nSPS) is 15.5. The van der Waals surface area contributed by atoms with Gasteiger partial charge in [-0.05, 0) is 60.4 Å².